The fourth-order valence-electron chi connectivity index (χ4n) is 2.85. The lowest BCUT2D eigenvalue weighted by molar-refractivity contribution is -0.118. The van der Waals surface area contributed by atoms with Crippen molar-refractivity contribution in [2.24, 2.45) is 0 Å². The Morgan fingerprint density at radius 1 is 1.03 bits per heavy atom. The summed E-state index contributed by atoms with van der Waals surface area (Å²) in [6.07, 6.45) is 0.781. The molecule has 0 heterocycles. The number of carbonyl (C=O) groups excluding carboxylic acids is 2. The summed E-state index contributed by atoms with van der Waals surface area (Å²) in [6, 6.07) is 19.3. The lowest BCUT2D eigenvalue weighted by atomic mass is 10.0. The summed E-state index contributed by atoms with van der Waals surface area (Å²) in [5, 5.41) is 3.17. The van der Waals surface area contributed by atoms with Crippen molar-refractivity contribution in [2.45, 2.75) is 13.3 Å². The van der Waals surface area contributed by atoms with E-state index in [4.69, 9.17) is 16.3 Å². The van der Waals surface area contributed by atoms with Crippen LogP contribution in [0.4, 0.5) is 5.69 Å². The smallest absolute Gasteiger partial charge is 0.262 e. The van der Waals surface area contributed by atoms with Crippen LogP contribution >= 0.6 is 27.5 Å². The average Bonchev–Trinajstić information content (AvgIpc) is 2.74. The number of anilines is 1. The van der Waals surface area contributed by atoms with Crippen LogP contribution in [0.1, 0.15) is 28.4 Å². The molecule has 3 aromatic carbocycles. The van der Waals surface area contributed by atoms with Crippen LogP contribution in [0.15, 0.2) is 71.2 Å². The molecule has 4 nitrogen and oxygen atoms in total. The number of halogens is 2. The summed E-state index contributed by atoms with van der Waals surface area (Å²) < 4.78 is 6.64. The highest BCUT2D eigenvalue weighted by atomic mass is 79.9. The standard InChI is InChI=1S/C23H19BrClNO3/c1-2-15-12-17(24)8-11-21(15)29-14-22(27)26-20-10-9-18(25)13-19(20)23(28)16-6-4-3-5-7-16/h3-13H,2,14H2,1H3,(H,26,27). The van der Waals surface area contributed by atoms with Crippen molar-refractivity contribution in [3.05, 3.63) is 92.9 Å². The maximum Gasteiger partial charge on any atom is 0.262 e. The number of hydrogen-bond donors (Lipinski definition) is 1. The van der Waals surface area contributed by atoms with Gasteiger partial charge in [0, 0.05) is 20.6 Å². The Balaban J connectivity index is 1.75. The van der Waals surface area contributed by atoms with Gasteiger partial charge in [-0.05, 0) is 48.4 Å². The van der Waals surface area contributed by atoms with Crippen LogP contribution in [-0.2, 0) is 11.2 Å². The van der Waals surface area contributed by atoms with E-state index in [2.05, 4.69) is 21.2 Å². The predicted octanol–water partition coefficient (Wildman–Crippen LogP) is 5.91. The first-order valence-electron chi connectivity index (χ1n) is 9.08. The number of carbonyl (C=O) groups is 2. The normalized spacial score (nSPS) is 10.4. The van der Waals surface area contributed by atoms with Crippen LogP contribution in [0.25, 0.3) is 0 Å². The van der Waals surface area contributed by atoms with Crippen molar-refractivity contribution in [3.63, 3.8) is 0 Å². The molecule has 3 rings (SSSR count). The molecule has 1 amide bonds. The van der Waals surface area contributed by atoms with Crippen molar-refractivity contribution >= 4 is 44.9 Å². The fraction of sp³-hybridized carbons (Fsp3) is 0.130. The van der Waals surface area contributed by atoms with Crippen molar-refractivity contribution < 1.29 is 14.3 Å². The van der Waals surface area contributed by atoms with E-state index in [1.165, 1.54) is 0 Å². The topological polar surface area (TPSA) is 55.4 Å². The van der Waals surface area contributed by atoms with Crippen molar-refractivity contribution in [1.82, 2.24) is 0 Å². The van der Waals surface area contributed by atoms with Gasteiger partial charge in [0.05, 0.1) is 5.69 Å². The summed E-state index contributed by atoms with van der Waals surface area (Å²) in [5.41, 5.74) is 2.24. The zero-order chi connectivity index (χ0) is 20.8. The number of ketones is 1. The Bertz CT molecular complexity index is 1040. The lowest BCUT2D eigenvalue weighted by Gasteiger charge is -2.13. The molecule has 29 heavy (non-hydrogen) atoms. The van der Waals surface area contributed by atoms with Gasteiger partial charge in [-0.25, -0.2) is 0 Å². The van der Waals surface area contributed by atoms with Gasteiger partial charge < -0.3 is 10.1 Å². The molecule has 0 aliphatic heterocycles. The molecular formula is C23H19BrClNO3. The average molecular weight is 473 g/mol. The van der Waals surface area contributed by atoms with E-state index in [-0.39, 0.29) is 18.3 Å². The minimum absolute atomic E-state index is 0.170. The van der Waals surface area contributed by atoms with E-state index in [1.54, 1.807) is 42.5 Å². The van der Waals surface area contributed by atoms with Gasteiger partial charge in [-0.3, -0.25) is 9.59 Å². The number of benzene rings is 3. The molecule has 3 aromatic rings. The van der Waals surface area contributed by atoms with Gasteiger partial charge in [-0.15, -0.1) is 0 Å². The van der Waals surface area contributed by atoms with Gasteiger partial charge in [0.1, 0.15) is 5.75 Å². The summed E-state index contributed by atoms with van der Waals surface area (Å²) >= 11 is 9.51. The highest BCUT2D eigenvalue weighted by molar-refractivity contribution is 9.10. The van der Waals surface area contributed by atoms with Crippen LogP contribution in [-0.4, -0.2) is 18.3 Å². The number of nitrogens with one attached hydrogen (secondary N) is 1. The van der Waals surface area contributed by atoms with Crippen LogP contribution in [0.3, 0.4) is 0 Å². The van der Waals surface area contributed by atoms with Gasteiger partial charge in [-0.1, -0.05) is 64.8 Å². The predicted molar refractivity (Wildman–Crippen MR) is 119 cm³/mol. The Morgan fingerprint density at radius 3 is 2.52 bits per heavy atom. The Hall–Kier alpha value is -2.63. The van der Waals surface area contributed by atoms with Crippen LogP contribution in [0.2, 0.25) is 5.02 Å². The van der Waals surface area contributed by atoms with Gasteiger partial charge in [0.2, 0.25) is 0 Å². The molecule has 0 bridgehead atoms. The van der Waals surface area contributed by atoms with Crippen molar-refractivity contribution in [3.8, 4) is 5.75 Å². The minimum atomic E-state index is -0.362. The third-order valence-corrected chi connectivity index (χ3v) is 5.03. The lowest BCUT2D eigenvalue weighted by Crippen LogP contribution is -2.22. The number of amides is 1. The maximum absolute atomic E-state index is 12.8. The third-order valence-electron chi connectivity index (χ3n) is 4.30. The minimum Gasteiger partial charge on any atom is -0.483 e. The Labute approximate surface area is 183 Å². The Morgan fingerprint density at radius 2 is 1.79 bits per heavy atom. The molecule has 0 saturated heterocycles. The SMILES string of the molecule is CCc1cc(Br)ccc1OCC(=O)Nc1ccc(Cl)cc1C(=O)c1ccccc1. The first kappa shape index (κ1) is 21.1. The second kappa shape index (κ2) is 9.72. The van der Waals surface area contributed by atoms with Crippen molar-refractivity contribution in [2.75, 3.05) is 11.9 Å². The van der Waals surface area contributed by atoms with E-state index in [9.17, 15) is 9.59 Å². The first-order chi connectivity index (χ1) is 14.0. The van der Waals surface area contributed by atoms with Gasteiger partial charge in [0.15, 0.2) is 12.4 Å². The van der Waals surface area contributed by atoms with Crippen molar-refractivity contribution in [1.29, 1.82) is 0 Å². The monoisotopic (exact) mass is 471 g/mol. The number of ether oxygens (including phenoxy) is 1. The molecule has 0 aliphatic carbocycles. The van der Waals surface area contributed by atoms with E-state index >= 15 is 0 Å². The molecule has 0 fully saturated rings. The molecule has 0 spiro atoms. The van der Waals surface area contributed by atoms with Crippen LogP contribution in [0, 0.1) is 0 Å². The van der Waals surface area contributed by atoms with E-state index in [1.807, 2.05) is 31.2 Å². The molecule has 0 unspecified atom stereocenters. The molecule has 0 saturated carbocycles. The second-order valence-electron chi connectivity index (χ2n) is 6.33. The number of aryl methyl sites for hydroxylation is 1. The summed E-state index contributed by atoms with van der Waals surface area (Å²) in [5.74, 6) is 0.0763. The number of rotatable bonds is 7. The van der Waals surface area contributed by atoms with Crippen LogP contribution in [0.5, 0.6) is 5.75 Å². The summed E-state index contributed by atoms with van der Waals surface area (Å²) in [4.78, 5) is 25.3. The molecule has 1 N–H and O–H groups in total. The summed E-state index contributed by atoms with van der Waals surface area (Å²) in [6.45, 7) is 1.85. The maximum atomic E-state index is 12.8. The van der Waals surface area contributed by atoms with Gasteiger partial charge in [0.25, 0.3) is 5.91 Å². The quantitative estimate of drug-likeness (QED) is 0.435. The molecule has 148 valence electrons. The fourth-order valence-corrected chi connectivity index (χ4v) is 3.43. The van der Waals surface area contributed by atoms with E-state index in [0.717, 1.165) is 16.5 Å². The molecule has 0 radical (unpaired) electrons. The highest BCUT2D eigenvalue weighted by Gasteiger charge is 2.16. The molecule has 0 aromatic heterocycles. The molecule has 6 heteroatoms. The Kier molecular flexibility index (Phi) is 7.07. The van der Waals surface area contributed by atoms with E-state index in [0.29, 0.717) is 27.6 Å². The first-order valence-corrected chi connectivity index (χ1v) is 10.3. The van der Waals surface area contributed by atoms with Gasteiger partial charge in [-0.2, -0.15) is 0 Å². The highest BCUT2D eigenvalue weighted by Crippen LogP contribution is 2.25. The van der Waals surface area contributed by atoms with Crippen LogP contribution < -0.4 is 10.1 Å². The third kappa shape index (κ3) is 5.46. The zero-order valence-corrected chi connectivity index (χ0v) is 18.1. The zero-order valence-electron chi connectivity index (χ0n) is 15.7. The molecule has 0 atom stereocenters. The molecular weight excluding hydrogens is 454 g/mol. The van der Waals surface area contributed by atoms with Gasteiger partial charge >= 0.3 is 0 Å². The largest absolute Gasteiger partial charge is 0.483 e. The number of hydrogen-bond acceptors (Lipinski definition) is 3. The summed E-state index contributed by atoms with van der Waals surface area (Å²) in [7, 11) is 0. The molecule has 0 aliphatic rings. The van der Waals surface area contributed by atoms with E-state index < -0.39 is 0 Å². The second-order valence-corrected chi connectivity index (χ2v) is 7.68.